The average molecular weight is 232 g/mol. The molecule has 1 aromatic carbocycles. The molecule has 3 nitrogen and oxygen atoms in total. The number of nitrogens with one attached hydrogen (secondary N) is 2. The minimum absolute atomic E-state index is 0.111. The Morgan fingerprint density at radius 1 is 1.35 bits per heavy atom. The Bertz CT molecular complexity index is 360. The predicted molar refractivity (Wildman–Crippen MR) is 70.5 cm³/mol. The largest absolute Gasteiger partial charge is 0.287 e. The highest BCUT2D eigenvalue weighted by atomic mass is 16.2. The lowest BCUT2D eigenvalue weighted by Crippen LogP contribution is -2.46. The van der Waals surface area contributed by atoms with Crippen LogP contribution in [0.4, 0.5) is 0 Å². The van der Waals surface area contributed by atoms with Crippen LogP contribution >= 0.6 is 0 Å². The molecule has 1 aromatic rings. The molecule has 1 rings (SSSR count). The zero-order valence-corrected chi connectivity index (χ0v) is 10.4. The quantitative estimate of drug-likeness (QED) is 0.584. The Balaban J connectivity index is 2.49. The van der Waals surface area contributed by atoms with E-state index in [2.05, 4.69) is 31.3 Å². The summed E-state index contributed by atoms with van der Waals surface area (Å²) in [4.78, 5) is 11.8. The van der Waals surface area contributed by atoms with Crippen LogP contribution < -0.4 is 10.9 Å². The topological polar surface area (TPSA) is 41.1 Å². The van der Waals surface area contributed by atoms with Gasteiger partial charge in [-0.1, -0.05) is 38.1 Å². The first kappa shape index (κ1) is 13.5. The number of carbonyl (C=O) groups excluding carboxylic acids is 1. The minimum Gasteiger partial charge on any atom is -0.287 e. The van der Waals surface area contributed by atoms with Gasteiger partial charge >= 0.3 is 0 Å². The fraction of sp³-hybridized carbons (Fsp3) is 0.357. The highest BCUT2D eigenvalue weighted by molar-refractivity contribution is 5.93. The molecule has 0 heterocycles. The molecule has 3 heteroatoms. The molecule has 1 atom stereocenters. The standard InChI is InChI=1S/C14H20N2O/c1-4-8-13(11(2)3)15-16-14(17)12-9-6-5-7-10-12/h4-7,9-11,13,15H,1,8H2,2-3H3,(H,16,17)/t13-/m0/s1. The summed E-state index contributed by atoms with van der Waals surface area (Å²) in [5.74, 6) is 0.324. The first-order chi connectivity index (χ1) is 8.15. The molecule has 17 heavy (non-hydrogen) atoms. The number of hydrogen-bond acceptors (Lipinski definition) is 2. The van der Waals surface area contributed by atoms with Gasteiger partial charge in [0.25, 0.3) is 5.91 Å². The van der Waals surface area contributed by atoms with Crippen molar-refractivity contribution in [1.29, 1.82) is 0 Å². The van der Waals surface area contributed by atoms with Gasteiger partial charge in [-0.3, -0.25) is 10.2 Å². The van der Waals surface area contributed by atoms with Crippen molar-refractivity contribution in [3.63, 3.8) is 0 Å². The number of carbonyl (C=O) groups is 1. The zero-order valence-electron chi connectivity index (χ0n) is 10.4. The van der Waals surface area contributed by atoms with Crippen LogP contribution in [-0.4, -0.2) is 11.9 Å². The van der Waals surface area contributed by atoms with Crippen molar-refractivity contribution in [2.24, 2.45) is 5.92 Å². The Kier molecular flexibility index (Phi) is 5.43. The van der Waals surface area contributed by atoms with Crippen molar-refractivity contribution in [1.82, 2.24) is 10.9 Å². The van der Waals surface area contributed by atoms with Gasteiger partial charge in [0.2, 0.25) is 0 Å². The lowest BCUT2D eigenvalue weighted by Gasteiger charge is -2.21. The van der Waals surface area contributed by atoms with Gasteiger partial charge in [-0.2, -0.15) is 0 Å². The summed E-state index contributed by atoms with van der Waals surface area (Å²) in [6.07, 6.45) is 2.68. The molecule has 2 N–H and O–H groups in total. The van der Waals surface area contributed by atoms with E-state index in [9.17, 15) is 4.79 Å². The summed E-state index contributed by atoms with van der Waals surface area (Å²) in [6.45, 7) is 7.93. The fourth-order valence-electron chi connectivity index (χ4n) is 1.50. The van der Waals surface area contributed by atoms with Crippen molar-refractivity contribution >= 4 is 5.91 Å². The first-order valence-electron chi connectivity index (χ1n) is 5.87. The van der Waals surface area contributed by atoms with E-state index in [1.54, 1.807) is 12.1 Å². The van der Waals surface area contributed by atoms with Crippen LogP contribution in [0.15, 0.2) is 43.0 Å². The molecule has 0 bridgehead atoms. The Labute approximate surface area is 103 Å². The van der Waals surface area contributed by atoms with E-state index in [1.165, 1.54) is 0 Å². The highest BCUT2D eigenvalue weighted by Gasteiger charge is 2.12. The summed E-state index contributed by atoms with van der Waals surface area (Å²) in [5.41, 5.74) is 6.43. The molecule has 0 aromatic heterocycles. The molecule has 0 unspecified atom stereocenters. The van der Waals surface area contributed by atoms with Crippen LogP contribution in [0, 0.1) is 5.92 Å². The molecule has 0 spiro atoms. The van der Waals surface area contributed by atoms with Gasteiger partial charge in [-0.15, -0.1) is 6.58 Å². The molecular weight excluding hydrogens is 212 g/mol. The monoisotopic (exact) mass is 232 g/mol. The van der Waals surface area contributed by atoms with Gasteiger partial charge in [-0.05, 0) is 24.5 Å². The van der Waals surface area contributed by atoms with Crippen LogP contribution in [0.25, 0.3) is 0 Å². The Morgan fingerprint density at radius 2 is 2.00 bits per heavy atom. The fourth-order valence-corrected chi connectivity index (χ4v) is 1.50. The van der Waals surface area contributed by atoms with Gasteiger partial charge in [0.15, 0.2) is 0 Å². The van der Waals surface area contributed by atoms with Crippen LogP contribution in [0.3, 0.4) is 0 Å². The second-order valence-electron chi connectivity index (χ2n) is 4.34. The Morgan fingerprint density at radius 3 is 2.53 bits per heavy atom. The van der Waals surface area contributed by atoms with Crippen LogP contribution in [-0.2, 0) is 0 Å². The number of hydrogen-bond donors (Lipinski definition) is 2. The van der Waals surface area contributed by atoms with Gasteiger partial charge < -0.3 is 0 Å². The molecule has 0 aliphatic carbocycles. The van der Waals surface area contributed by atoms with Crippen molar-refractivity contribution in [3.8, 4) is 0 Å². The van der Waals surface area contributed by atoms with E-state index in [4.69, 9.17) is 0 Å². The second-order valence-corrected chi connectivity index (χ2v) is 4.34. The van der Waals surface area contributed by atoms with E-state index >= 15 is 0 Å². The van der Waals surface area contributed by atoms with Gasteiger partial charge in [0.1, 0.15) is 0 Å². The van der Waals surface area contributed by atoms with Crippen molar-refractivity contribution in [3.05, 3.63) is 48.6 Å². The molecule has 0 fully saturated rings. The number of hydrazine groups is 1. The van der Waals surface area contributed by atoms with Crippen molar-refractivity contribution in [2.75, 3.05) is 0 Å². The molecular formula is C14H20N2O. The molecule has 92 valence electrons. The van der Waals surface area contributed by atoms with E-state index < -0.39 is 0 Å². The lowest BCUT2D eigenvalue weighted by molar-refractivity contribution is 0.0920. The zero-order chi connectivity index (χ0) is 12.7. The third kappa shape index (κ3) is 4.41. The molecule has 0 saturated carbocycles. The number of benzene rings is 1. The maximum Gasteiger partial charge on any atom is 0.265 e. The van der Waals surface area contributed by atoms with Gasteiger partial charge in [0, 0.05) is 11.6 Å². The highest BCUT2D eigenvalue weighted by Crippen LogP contribution is 2.05. The van der Waals surface area contributed by atoms with Crippen LogP contribution in [0.1, 0.15) is 30.6 Å². The predicted octanol–water partition coefficient (Wildman–Crippen LogP) is 2.52. The smallest absolute Gasteiger partial charge is 0.265 e. The number of rotatable bonds is 6. The summed E-state index contributed by atoms with van der Waals surface area (Å²) in [6, 6.07) is 9.36. The summed E-state index contributed by atoms with van der Waals surface area (Å²) in [5, 5.41) is 0. The van der Waals surface area contributed by atoms with E-state index in [1.807, 2.05) is 24.3 Å². The first-order valence-corrected chi connectivity index (χ1v) is 5.87. The molecule has 0 radical (unpaired) electrons. The SMILES string of the molecule is C=CC[C@H](NNC(=O)c1ccccc1)C(C)C. The van der Waals surface area contributed by atoms with Crippen molar-refractivity contribution in [2.45, 2.75) is 26.3 Å². The average Bonchev–Trinajstić information content (AvgIpc) is 2.34. The van der Waals surface area contributed by atoms with Gasteiger partial charge in [-0.25, -0.2) is 5.43 Å². The van der Waals surface area contributed by atoms with Crippen molar-refractivity contribution < 1.29 is 4.79 Å². The maximum absolute atomic E-state index is 11.8. The van der Waals surface area contributed by atoms with E-state index in [0.717, 1.165) is 6.42 Å². The van der Waals surface area contributed by atoms with Gasteiger partial charge in [0.05, 0.1) is 0 Å². The number of amides is 1. The summed E-state index contributed by atoms with van der Waals surface area (Å²) < 4.78 is 0. The van der Waals surface area contributed by atoms with E-state index in [-0.39, 0.29) is 11.9 Å². The third-order valence-electron chi connectivity index (χ3n) is 2.63. The molecule has 0 aliphatic heterocycles. The van der Waals surface area contributed by atoms with Crippen LogP contribution in [0.5, 0.6) is 0 Å². The maximum atomic E-state index is 11.8. The Hall–Kier alpha value is -1.61. The third-order valence-corrected chi connectivity index (χ3v) is 2.63. The molecule has 0 aliphatic rings. The lowest BCUT2D eigenvalue weighted by atomic mass is 10.0. The second kappa shape index (κ2) is 6.86. The summed E-state index contributed by atoms with van der Waals surface area (Å²) >= 11 is 0. The normalized spacial score (nSPS) is 12.2. The van der Waals surface area contributed by atoms with Crippen LogP contribution in [0.2, 0.25) is 0 Å². The molecule has 0 saturated heterocycles. The van der Waals surface area contributed by atoms with E-state index in [0.29, 0.717) is 11.5 Å². The molecule has 1 amide bonds. The minimum atomic E-state index is -0.111. The summed E-state index contributed by atoms with van der Waals surface area (Å²) in [7, 11) is 0.